The van der Waals surface area contributed by atoms with Crippen molar-refractivity contribution in [3.8, 4) is 5.75 Å². The predicted octanol–water partition coefficient (Wildman–Crippen LogP) is 2.50. The maximum Gasteiger partial charge on any atom is 0.339 e. The van der Waals surface area contributed by atoms with E-state index in [2.05, 4.69) is 11.8 Å². The van der Waals surface area contributed by atoms with Crippen LogP contribution in [-0.2, 0) is 0 Å². The van der Waals surface area contributed by atoms with Crippen molar-refractivity contribution in [1.29, 1.82) is 0 Å². The van der Waals surface area contributed by atoms with Crippen molar-refractivity contribution >= 4 is 5.97 Å². The summed E-state index contributed by atoms with van der Waals surface area (Å²) in [5.41, 5.74) is 0.232. The van der Waals surface area contributed by atoms with Gasteiger partial charge in [-0.25, -0.2) is 4.79 Å². The second-order valence-electron chi connectivity index (χ2n) is 5.23. The number of rotatable bonds is 6. The molecule has 4 nitrogen and oxygen atoms in total. The van der Waals surface area contributed by atoms with Crippen LogP contribution in [0.1, 0.15) is 30.1 Å². The largest absolute Gasteiger partial charge is 0.492 e. The van der Waals surface area contributed by atoms with Crippen molar-refractivity contribution in [2.24, 2.45) is 5.92 Å². The van der Waals surface area contributed by atoms with E-state index in [0.717, 1.165) is 6.54 Å². The number of carboxylic acid groups (broad SMARTS) is 1. The summed E-state index contributed by atoms with van der Waals surface area (Å²) in [6.07, 6.45) is 2.57. The highest BCUT2D eigenvalue weighted by Gasteiger charge is 2.16. The number of hydrogen-bond donors (Lipinski definition) is 1. The van der Waals surface area contributed by atoms with Gasteiger partial charge in [-0.3, -0.25) is 0 Å². The van der Waals surface area contributed by atoms with E-state index in [1.165, 1.54) is 25.9 Å². The minimum Gasteiger partial charge on any atom is -0.492 e. The fourth-order valence-electron chi connectivity index (χ4n) is 2.46. The van der Waals surface area contributed by atoms with Crippen molar-refractivity contribution in [2.45, 2.75) is 19.8 Å². The van der Waals surface area contributed by atoms with Gasteiger partial charge in [0.25, 0.3) is 0 Å². The molecule has 0 saturated carbocycles. The third-order valence-corrected chi connectivity index (χ3v) is 3.41. The number of carbonyl (C=O) groups is 1. The number of aromatic carboxylic acids is 1. The molecule has 1 unspecified atom stereocenters. The van der Waals surface area contributed by atoms with Crippen LogP contribution in [0.4, 0.5) is 0 Å². The number of likely N-dealkylation sites (tertiary alicyclic amines) is 1. The van der Waals surface area contributed by atoms with Gasteiger partial charge in [0, 0.05) is 12.5 Å². The van der Waals surface area contributed by atoms with Crippen LogP contribution in [0.25, 0.3) is 0 Å². The third kappa shape index (κ3) is 3.96. The molecule has 1 atom stereocenters. The Morgan fingerprint density at radius 1 is 1.37 bits per heavy atom. The highest BCUT2D eigenvalue weighted by Crippen LogP contribution is 2.19. The number of hydrogen-bond acceptors (Lipinski definition) is 3. The quantitative estimate of drug-likeness (QED) is 0.856. The molecule has 0 aromatic heterocycles. The van der Waals surface area contributed by atoms with E-state index >= 15 is 0 Å². The van der Waals surface area contributed by atoms with Gasteiger partial charge in [-0.05, 0) is 38.1 Å². The van der Waals surface area contributed by atoms with Crippen LogP contribution in [0.3, 0.4) is 0 Å². The van der Waals surface area contributed by atoms with Gasteiger partial charge in [0.15, 0.2) is 0 Å². The van der Waals surface area contributed by atoms with Crippen LogP contribution in [0.15, 0.2) is 24.3 Å². The molecule has 4 heteroatoms. The number of nitrogens with zero attached hydrogens (tertiary/aromatic N) is 1. The third-order valence-electron chi connectivity index (χ3n) is 3.41. The molecule has 0 amide bonds. The van der Waals surface area contributed by atoms with E-state index in [0.29, 0.717) is 18.3 Å². The van der Waals surface area contributed by atoms with E-state index in [1.807, 2.05) is 0 Å². The van der Waals surface area contributed by atoms with Crippen molar-refractivity contribution in [3.63, 3.8) is 0 Å². The van der Waals surface area contributed by atoms with Crippen LogP contribution in [0, 0.1) is 5.92 Å². The SMILES string of the molecule is CC(COc1ccccc1C(=O)O)CN1CCCC1. The standard InChI is InChI=1S/C15H21NO3/c1-12(10-16-8-4-5-9-16)11-19-14-7-3-2-6-13(14)15(17)18/h2-3,6-7,12H,4-5,8-11H2,1H3,(H,17,18). The topological polar surface area (TPSA) is 49.8 Å². The molecule has 1 N–H and O–H groups in total. The van der Waals surface area contributed by atoms with E-state index in [-0.39, 0.29) is 5.56 Å². The van der Waals surface area contributed by atoms with E-state index < -0.39 is 5.97 Å². The molecule has 0 radical (unpaired) electrons. The van der Waals surface area contributed by atoms with E-state index in [1.54, 1.807) is 24.3 Å². The lowest BCUT2D eigenvalue weighted by molar-refractivity contribution is 0.0691. The summed E-state index contributed by atoms with van der Waals surface area (Å²) in [5.74, 6) is -0.0778. The smallest absolute Gasteiger partial charge is 0.339 e. The lowest BCUT2D eigenvalue weighted by atomic mass is 10.1. The minimum atomic E-state index is -0.942. The maximum absolute atomic E-state index is 11.1. The van der Waals surface area contributed by atoms with Crippen molar-refractivity contribution in [1.82, 2.24) is 4.90 Å². The lowest BCUT2D eigenvalue weighted by Gasteiger charge is -2.20. The summed E-state index contributed by atoms with van der Waals surface area (Å²) in [5, 5.41) is 9.07. The summed E-state index contributed by atoms with van der Waals surface area (Å²) in [4.78, 5) is 13.5. The highest BCUT2D eigenvalue weighted by molar-refractivity contribution is 5.90. The van der Waals surface area contributed by atoms with E-state index in [9.17, 15) is 4.79 Å². The van der Waals surface area contributed by atoms with Gasteiger partial charge in [-0.1, -0.05) is 19.1 Å². The second-order valence-corrected chi connectivity index (χ2v) is 5.23. The molecule has 1 aromatic rings. The molecule has 1 saturated heterocycles. The fourth-order valence-corrected chi connectivity index (χ4v) is 2.46. The number of benzene rings is 1. The number of ether oxygens (including phenoxy) is 1. The zero-order chi connectivity index (χ0) is 13.7. The number of carboxylic acids is 1. The molecule has 104 valence electrons. The zero-order valence-electron chi connectivity index (χ0n) is 11.3. The molecule has 19 heavy (non-hydrogen) atoms. The Labute approximate surface area is 114 Å². The van der Waals surface area contributed by atoms with Crippen molar-refractivity contribution < 1.29 is 14.6 Å². The molecule has 1 fully saturated rings. The van der Waals surface area contributed by atoms with Gasteiger partial charge in [-0.2, -0.15) is 0 Å². The molecule has 1 aromatic carbocycles. The maximum atomic E-state index is 11.1. The van der Waals surface area contributed by atoms with Crippen LogP contribution in [0.5, 0.6) is 5.75 Å². The average Bonchev–Trinajstić information content (AvgIpc) is 2.89. The Morgan fingerprint density at radius 2 is 2.05 bits per heavy atom. The first-order valence-corrected chi connectivity index (χ1v) is 6.84. The molecule has 0 bridgehead atoms. The normalized spacial score (nSPS) is 17.3. The highest BCUT2D eigenvalue weighted by atomic mass is 16.5. The Morgan fingerprint density at radius 3 is 2.74 bits per heavy atom. The molecule has 1 heterocycles. The molecule has 0 aliphatic carbocycles. The fraction of sp³-hybridized carbons (Fsp3) is 0.533. The van der Waals surface area contributed by atoms with Gasteiger partial charge in [0.2, 0.25) is 0 Å². The lowest BCUT2D eigenvalue weighted by Crippen LogP contribution is -2.28. The summed E-state index contributed by atoms with van der Waals surface area (Å²) < 4.78 is 5.66. The average molecular weight is 263 g/mol. The summed E-state index contributed by atoms with van der Waals surface area (Å²) in [7, 11) is 0. The van der Waals surface area contributed by atoms with Crippen molar-refractivity contribution in [2.75, 3.05) is 26.2 Å². The van der Waals surface area contributed by atoms with Gasteiger partial charge in [0.1, 0.15) is 11.3 Å². The first-order chi connectivity index (χ1) is 9.16. The van der Waals surface area contributed by atoms with Gasteiger partial charge < -0.3 is 14.7 Å². The molecule has 2 rings (SSSR count). The summed E-state index contributed by atoms with van der Waals surface area (Å²) in [6, 6.07) is 6.80. The first kappa shape index (κ1) is 13.9. The van der Waals surface area contributed by atoms with Crippen LogP contribution < -0.4 is 4.74 Å². The minimum absolute atomic E-state index is 0.232. The molecular weight excluding hydrogens is 242 g/mol. The van der Waals surface area contributed by atoms with Crippen molar-refractivity contribution in [3.05, 3.63) is 29.8 Å². The first-order valence-electron chi connectivity index (χ1n) is 6.84. The zero-order valence-corrected chi connectivity index (χ0v) is 11.3. The summed E-state index contributed by atoms with van der Waals surface area (Å²) in [6.45, 7) is 6.07. The van der Waals surface area contributed by atoms with Gasteiger partial charge in [0.05, 0.1) is 6.61 Å². The Bertz CT molecular complexity index is 427. The summed E-state index contributed by atoms with van der Waals surface area (Å²) >= 11 is 0. The van der Waals surface area contributed by atoms with E-state index in [4.69, 9.17) is 9.84 Å². The Hall–Kier alpha value is -1.55. The second kappa shape index (κ2) is 6.57. The number of para-hydroxylation sites is 1. The molecule has 1 aliphatic heterocycles. The molecular formula is C15H21NO3. The van der Waals surface area contributed by atoms with Crippen LogP contribution in [-0.4, -0.2) is 42.2 Å². The monoisotopic (exact) mass is 263 g/mol. The van der Waals surface area contributed by atoms with Gasteiger partial charge >= 0.3 is 5.97 Å². The Balaban J connectivity index is 1.85. The molecule has 1 aliphatic rings. The predicted molar refractivity (Wildman–Crippen MR) is 73.7 cm³/mol. The van der Waals surface area contributed by atoms with Gasteiger partial charge in [-0.15, -0.1) is 0 Å². The van der Waals surface area contributed by atoms with Crippen LogP contribution >= 0.6 is 0 Å². The molecule has 0 spiro atoms. The Kier molecular flexibility index (Phi) is 4.80. The van der Waals surface area contributed by atoms with Crippen LogP contribution in [0.2, 0.25) is 0 Å².